The zero-order valence-corrected chi connectivity index (χ0v) is 11.7. The molecule has 19 heavy (non-hydrogen) atoms. The minimum absolute atomic E-state index is 0.269. The van der Waals surface area contributed by atoms with Gasteiger partial charge in [-0.15, -0.1) is 0 Å². The van der Waals surface area contributed by atoms with Gasteiger partial charge in [-0.05, 0) is 47.1 Å². The number of hydrogen-bond donors (Lipinski definition) is 1. The van der Waals surface area contributed by atoms with E-state index in [1.807, 2.05) is 0 Å². The minimum Gasteiger partial charge on any atom is -0.457 e. The molecule has 100 valence electrons. The van der Waals surface area contributed by atoms with Gasteiger partial charge in [0, 0.05) is 17.7 Å². The van der Waals surface area contributed by atoms with Gasteiger partial charge >= 0.3 is 0 Å². The fourth-order valence-corrected chi connectivity index (χ4v) is 1.96. The quantitative estimate of drug-likeness (QED) is 0.898. The molecule has 0 radical (unpaired) electrons. The molecule has 0 saturated carbocycles. The lowest BCUT2D eigenvalue weighted by molar-refractivity contribution is 0.456. The molecule has 2 aromatic carbocycles. The van der Waals surface area contributed by atoms with E-state index in [1.54, 1.807) is 19.1 Å². The highest BCUT2D eigenvalue weighted by atomic mass is 79.9. The van der Waals surface area contributed by atoms with Crippen LogP contribution in [0.15, 0.2) is 40.9 Å². The Hall–Kier alpha value is -1.46. The third-order valence-corrected chi connectivity index (χ3v) is 3.23. The van der Waals surface area contributed by atoms with Crippen molar-refractivity contribution < 1.29 is 13.5 Å². The van der Waals surface area contributed by atoms with Gasteiger partial charge < -0.3 is 10.5 Å². The number of benzene rings is 2. The molecule has 0 unspecified atom stereocenters. The summed E-state index contributed by atoms with van der Waals surface area (Å²) in [4.78, 5) is 0. The van der Waals surface area contributed by atoms with Crippen LogP contribution < -0.4 is 10.5 Å². The lowest BCUT2D eigenvalue weighted by atomic mass is 10.1. The number of ether oxygens (including phenoxy) is 1. The van der Waals surface area contributed by atoms with E-state index in [1.165, 1.54) is 24.3 Å². The second-order valence-corrected chi connectivity index (χ2v) is 4.97. The van der Waals surface area contributed by atoms with Gasteiger partial charge in [-0.1, -0.05) is 6.07 Å². The zero-order chi connectivity index (χ0) is 14.0. The second kappa shape index (κ2) is 5.67. The molecule has 2 rings (SSSR count). The van der Waals surface area contributed by atoms with E-state index in [4.69, 9.17) is 10.5 Å². The van der Waals surface area contributed by atoms with Crippen molar-refractivity contribution >= 4 is 15.9 Å². The highest BCUT2D eigenvalue weighted by Gasteiger charge is 2.14. The van der Waals surface area contributed by atoms with Crippen LogP contribution in [0.1, 0.15) is 18.5 Å². The standard InChI is InChI=1S/C14H12BrF2NO/c1-8(18)14-11(16)3-2-4-13(14)19-9-5-6-10(15)12(17)7-9/h2-8H,18H2,1H3/t8-/m0/s1. The predicted molar refractivity (Wildman–Crippen MR) is 73.2 cm³/mol. The van der Waals surface area contributed by atoms with Gasteiger partial charge in [0.05, 0.1) is 4.47 Å². The fraction of sp³-hybridized carbons (Fsp3) is 0.143. The Labute approximate surface area is 118 Å². The van der Waals surface area contributed by atoms with E-state index in [9.17, 15) is 8.78 Å². The molecule has 0 fully saturated rings. The Balaban J connectivity index is 2.38. The van der Waals surface area contributed by atoms with E-state index in [0.717, 1.165) is 0 Å². The molecule has 5 heteroatoms. The maximum absolute atomic E-state index is 13.7. The van der Waals surface area contributed by atoms with Crippen molar-refractivity contribution in [3.8, 4) is 11.5 Å². The second-order valence-electron chi connectivity index (χ2n) is 4.12. The Morgan fingerprint density at radius 1 is 1.16 bits per heavy atom. The molecule has 0 aliphatic rings. The van der Waals surface area contributed by atoms with Gasteiger partial charge in [0.2, 0.25) is 0 Å². The van der Waals surface area contributed by atoms with Crippen LogP contribution in [0.25, 0.3) is 0 Å². The lowest BCUT2D eigenvalue weighted by Gasteiger charge is -2.14. The average Bonchev–Trinajstić information content (AvgIpc) is 2.33. The van der Waals surface area contributed by atoms with Crippen LogP contribution in [-0.4, -0.2) is 0 Å². The first-order chi connectivity index (χ1) is 8.99. The van der Waals surface area contributed by atoms with Gasteiger partial charge in [-0.3, -0.25) is 0 Å². The van der Waals surface area contributed by atoms with Crippen LogP contribution in [0, 0.1) is 11.6 Å². The van der Waals surface area contributed by atoms with Gasteiger partial charge in [0.1, 0.15) is 23.1 Å². The molecule has 2 N–H and O–H groups in total. The van der Waals surface area contributed by atoms with Crippen LogP contribution in [0.5, 0.6) is 11.5 Å². The van der Waals surface area contributed by atoms with Crippen molar-refractivity contribution in [3.63, 3.8) is 0 Å². The first-order valence-corrected chi connectivity index (χ1v) is 6.45. The normalized spacial score (nSPS) is 12.3. The molecular formula is C14H12BrF2NO. The Morgan fingerprint density at radius 2 is 1.89 bits per heavy atom. The number of rotatable bonds is 3. The lowest BCUT2D eigenvalue weighted by Crippen LogP contribution is -2.09. The summed E-state index contributed by atoms with van der Waals surface area (Å²) < 4.78 is 32.9. The summed E-state index contributed by atoms with van der Waals surface area (Å²) in [7, 11) is 0. The van der Waals surface area contributed by atoms with Crippen molar-refractivity contribution in [2.45, 2.75) is 13.0 Å². The monoisotopic (exact) mass is 327 g/mol. The molecule has 0 aliphatic carbocycles. The van der Waals surface area contributed by atoms with Crippen LogP contribution in [0.3, 0.4) is 0 Å². The largest absolute Gasteiger partial charge is 0.457 e. The molecule has 0 aromatic heterocycles. The van der Waals surface area contributed by atoms with E-state index in [2.05, 4.69) is 15.9 Å². The van der Waals surface area contributed by atoms with Crippen molar-refractivity contribution in [2.24, 2.45) is 5.73 Å². The molecule has 0 bridgehead atoms. The van der Waals surface area contributed by atoms with E-state index in [0.29, 0.717) is 4.47 Å². The third-order valence-electron chi connectivity index (χ3n) is 2.59. The third kappa shape index (κ3) is 3.11. The molecule has 2 nitrogen and oxygen atoms in total. The molecule has 0 saturated heterocycles. The zero-order valence-electron chi connectivity index (χ0n) is 10.2. The summed E-state index contributed by atoms with van der Waals surface area (Å²) >= 11 is 3.05. The molecule has 0 spiro atoms. The van der Waals surface area contributed by atoms with Crippen LogP contribution in [0.4, 0.5) is 8.78 Å². The van der Waals surface area contributed by atoms with Crippen LogP contribution in [-0.2, 0) is 0 Å². The molecule has 0 aliphatic heterocycles. The molecule has 1 atom stereocenters. The SMILES string of the molecule is C[C@H](N)c1c(F)cccc1Oc1ccc(Br)c(F)c1. The average molecular weight is 328 g/mol. The van der Waals surface area contributed by atoms with E-state index < -0.39 is 17.7 Å². The molecule has 2 aromatic rings. The first kappa shape index (κ1) is 14.0. The summed E-state index contributed by atoms with van der Waals surface area (Å²) in [5.74, 6) is -0.314. The molecular weight excluding hydrogens is 316 g/mol. The first-order valence-electron chi connectivity index (χ1n) is 5.66. The topological polar surface area (TPSA) is 35.2 Å². The Bertz CT molecular complexity index is 602. The van der Waals surface area contributed by atoms with Crippen molar-refractivity contribution in [1.29, 1.82) is 0 Å². The summed E-state index contributed by atoms with van der Waals surface area (Å²) in [5.41, 5.74) is 5.99. The predicted octanol–water partition coefficient (Wildman–Crippen LogP) is 4.54. The summed E-state index contributed by atoms with van der Waals surface area (Å²) in [6, 6.07) is 8.25. The molecule has 0 heterocycles. The van der Waals surface area contributed by atoms with Crippen LogP contribution >= 0.6 is 15.9 Å². The van der Waals surface area contributed by atoms with Gasteiger partial charge in [0.15, 0.2) is 0 Å². The Kier molecular flexibility index (Phi) is 4.17. The smallest absolute Gasteiger partial charge is 0.141 e. The molecule has 0 amide bonds. The highest BCUT2D eigenvalue weighted by Crippen LogP contribution is 2.32. The number of hydrogen-bond acceptors (Lipinski definition) is 2. The summed E-state index contributed by atoms with van der Waals surface area (Å²) in [6.07, 6.45) is 0. The van der Waals surface area contributed by atoms with Crippen molar-refractivity contribution in [2.75, 3.05) is 0 Å². The number of halogens is 3. The summed E-state index contributed by atoms with van der Waals surface area (Å²) in [5, 5.41) is 0. The van der Waals surface area contributed by atoms with E-state index in [-0.39, 0.29) is 17.1 Å². The maximum atomic E-state index is 13.7. The maximum Gasteiger partial charge on any atom is 0.141 e. The highest BCUT2D eigenvalue weighted by molar-refractivity contribution is 9.10. The summed E-state index contributed by atoms with van der Waals surface area (Å²) in [6.45, 7) is 1.66. The minimum atomic E-state index is -0.517. The fourth-order valence-electron chi connectivity index (χ4n) is 1.72. The van der Waals surface area contributed by atoms with Gasteiger partial charge in [-0.25, -0.2) is 8.78 Å². The van der Waals surface area contributed by atoms with Gasteiger partial charge in [-0.2, -0.15) is 0 Å². The van der Waals surface area contributed by atoms with Crippen molar-refractivity contribution in [3.05, 3.63) is 58.1 Å². The number of nitrogens with two attached hydrogens (primary N) is 1. The van der Waals surface area contributed by atoms with Crippen LogP contribution in [0.2, 0.25) is 0 Å². The Morgan fingerprint density at radius 3 is 2.53 bits per heavy atom. The van der Waals surface area contributed by atoms with E-state index >= 15 is 0 Å². The van der Waals surface area contributed by atoms with Gasteiger partial charge in [0.25, 0.3) is 0 Å². The van der Waals surface area contributed by atoms with Crippen molar-refractivity contribution in [1.82, 2.24) is 0 Å².